The zero-order valence-corrected chi connectivity index (χ0v) is 11.2. The summed E-state index contributed by atoms with van der Waals surface area (Å²) in [5, 5.41) is 2.94. The van der Waals surface area contributed by atoms with Crippen LogP contribution in [-0.2, 0) is 11.3 Å². The average molecular weight is 237 g/mol. The predicted octanol–water partition coefficient (Wildman–Crippen LogP) is 2.59. The molecule has 0 aliphatic carbocycles. The van der Waals surface area contributed by atoms with Crippen molar-refractivity contribution in [3.63, 3.8) is 0 Å². The maximum absolute atomic E-state index is 11.4. The molecular formula is C13H19NOS. The molecule has 1 aromatic rings. The number of hydrogen-bond acceptors (Lipinski definition) is 2. The summed E-state index contributed by atoms with van der Waals surface area (Å²) >= 11 is 1.54. The van der Waals surface area contributed by atoms with E-state index in [2.05, 4.69) is 38.2 Å². The van der Waals surface area contributed by atoms with E-state index in [0.29, 0.717) is 12.3 Å². The molecule has 0 bridgehead atoms. The van der Waals surface area contributed by atoms with Gasteiger partial charge >= 0.3 is 0 Å². The van der Waals surface area contributed by atoms with Crippen LogP contribution in [0.4, 0.5) is 0 Å². The fourth-order valence-corrected chi connectivity index (χ4v) is 2.22. The molecule has 2 nitrogen and oxygen atoms in total. The third kappa shape index (κ3) is 3.56. The fraction of sp³-hybridized carbons (Fsp3) is 0.462. The molecule has 1 N–H and O–H groups in total. The second kappa shape index (κ2) is 5.94. The SMILES string of the molecule is CSCC(=O)NCc1c(C)cc(C)cc1C. The van der Waals surface area contributed by atoms with Crippen molar-refractivity contribution in [2.45, 2.75) is 27.3 Å². The summed E-state index contributed by atoms with van der Waals surface area (Å²) in [4.78, 5) is 11.4. The van der Waals surface area contributed by atoms with Gasteiger partial charge in [-0.15, -0.1) is 0 Å². The van der Waals surface area contributed by atoms with Crippen molar-refractivity contribution in [1.29, 1.82) is 0 Å². The molecule has 88 valence electrons. The zero-order chi connectivity index (χ0) is 12.1. The summed E-state index contributed by atoms with van der Waals surface area (Å²) in [6, 6.07) is 4.31. The highest BCUT2D eigenvalue weighted by Gasteiger charge is 2.05. The first-order valence-corrected chi connectivity index (χ1v) is 6.76. The molecule has 1 amide bonds. The summed E-state index contributed by atoms with van der Waals surface area (Å²) in [6.07, 6.45) is 1.93. The second-order valence-corrected chi connectivity index (χ2v) is 4.95. The third-order valence-corrected chi connectivity index (χ3v) is 3.13. The number of nitrogens with one attached hydrogen (secondary N) is 1. The van der Waals surface area contributed by atoms with Gasteiger partial charge in [-0.1, -0.05) is 17.7 Å². The van der Waals surface area contributed by atoms with Gasteiger partial charge in [0.05, 0.1) is 5.75 Å². The monoisotopic (exact) mass is 237 g/mol. The van der Waals surface area contributed by atoms with Gasteiger partial charge in [0.1, 0.15) is 0 Å². The van der Waals surface area contributed by atoms with Crippen molar-refractivity contribution in [2.24, 2.45) is 0 Å². The van der Waals surface area contributed by atoms with Crippen molar-refractivity contribution in [3.8, 4) is 0 Å². The van der Waals surface area contributed by atoms with Crippen LogP contribution in [-0.4, -0.2) is 17.9 Å². The molecule has 0 atom stereocenters. The van der Waals surface area contributed by atoms with Gasteiger partial charge < -0.3 is 5.32 Å². The minimum absolute atomic E-state index is 0.104. The van der Waals surface area contributed by atoms with Crippen molar-refractivity contribution < 1.29 is 4.79 Å². The summed E-state index contributed by atoms with van der Waals surface area (Å²) in [6.45, 7) is 6.92. The summed E-state index contributed by atoms with van der Waals surface area (Å²) in [5.74, 6) is 0.635. The van der Waals surface area contributed by atoms with Gasteiger partial charge in [-0.25, -0.2) is 0 Å². The number of rotatable bonds is 4. The first kappa shape index (κ1) is 13.1. The van der Waals surface area contributed by atoms with Crippen LogP contribution in [0.25, 0.3) is 0 Å². The van der Waals surface area contributed by atoms with E-state index in [9.17, 15) is 4.79 Å². The average Bonchev–Trinajstić information content (AvgIpc) is 2.16. The number of aryl methyl sites for hydroxylation is 3. The van der Waals surface area contributed by atoms with Crippen LogP contribution < -0.4 is 5.32 Å². The number of benzene rings is 1. The zero-order valence-electron chi connectivity index (χ0n) is 10.4. The molecule has 16 heavy (non-hydrogen) atoms. The molecule has 0 radical (unpaired) electrons. The maximum atomic E-state index is 11.4. The van der Waals surface area contributed by atoms with Crippen LogP contribution in [0, 0.1) is 20.8 Å². The molecule has 1 aromatic carbocycles. The number of thioether (sulfide) groups is 1. The Morgan fingerprint density at radius 3 is 2.31 bits per heavy atom. The maximum Gasteiger partial charge on any atom is 0.230 e. The smallest absolute Gasteiger partial charge is 0.230 e. The van der Waals surface area contributed by atoms with E-state index in [-0.39, 0.29) is 5.91 Å². The van der Waals surface area contributed by atoms with Gasteiger partial charge in [0, 0.05) is 6.54 Å². The quantitative estimate of drug-likeness (QED) is 0.872. The molecule has 0 spiro atoms. The molecule has 0 aliphatic heterocycles. The van der Waals surface area contributed by atoms with Crippen LogP contribution in [0.2, 0.25) is 0 Å². The Hall–Kier alpha value is -0.960. The lowest BCUT2D eigenvalue weighted by molar-refractivity contribution is -0.118. The van der Waals surface area contributed by atoms with Crippen molar-refractivity contribution in [1.82, 2.24) is 5.32 Å². The Kier molecular flexibility index (Phi) is 4.87. The molecule has 0 fully saturated rings. The lowest BCUT2D eigenvalue weighted by atomic mass is 10.00. The Morgan fingerprint density at radius 2 is 1.81 bits per heavy atom. The van der Waals surface area contributed by atoms with Crippen LogP contribution in [0.1, 0.15) is 22.3 Å². The van der Waals surface area contributed by atoms with Crippen LogP contribution in [0.15, 0.2) is 12.1 Å². The molecule has 0 aliphatic rings. The van der Waals surface area contributed by atoms with Crippen molar-refractivity contribution in [3.05, 3.63) is 34.4 Å². The van der Waals surface area contributed by atoms with E-state index in [1.165, 1.54) is 22.3 Å². The highest BCUT2D eigenvalue weighted by Crippen LogP contribution is 2.15. The molecule has 0 aromatic heterocycles. The number of amides is 1. The van der Waals surface area contributed by atoms with Gasteiger partial charge in [-0.3, -0.25) is 4.79 Å². The molecule has 0 unspecified atom stereocenters. The van der Waals surface area contributed by atoms with E-state index in [1.807, 2.05) is 6.26 Å². The first-order valence-electron chi connectivity index (χ1n) is 5.37. The van der Waals surface area contributed by atoms with E-state index < -0.39 is 0 Å². The number of carbonyl (C=O) groups excluding carboxylic acids is 1. The van der Waals surface area contributed by atoms with Gasteiger partial charge in [0.25, 0.3) is 0 Å². The molecule has 3 heteroatoms. The Labute approximate surface area is 102 Å². The predicted molar refractivity (Wildman–Crippen MR) is 70.9 cm³/mol. The van der Waals surface area contributed by atoms with E-state index in [0.717, 1.165) is 0 Å². The van der Waals surface area contributed by atoms with E-state index in [1.54, 1.807) is 11.8 Å². The largest absolute Gasteiger partial charge is 0.351 e. The summed E-state index contributed by atoms with van der Waals surface area (Å²) in [5.41, 5.74) is 5.01. The molecule has 0 saturated heterocycles. The topological polar surface area (TPSA) is 29.1 Å². The standard InChI is InChI=1S/C13H19NOS/c1-9-5-10(2)12(11(3)6-9)7-14-13(15)8-16-4/h5-6H,7-8H2,1-4H3,(H,14,15). The van der Waals surface area contributed by atoms with Crippen molar-refractivity contribution in [2.75, 3.05) is 12.0 Å². The molecule has 0 heterocycles. The molecular weight excluding hydrogens is 218 g/mol. The molecule has 0 saturated carbocycles. The highest BCUT2D eigenvalue weighted by molar-refractivity contribution is 7.99. The minimum Gasteiger partial charge on any atom is -0.351 e. The van der Waals surface area contributed by atoms with Crippen molar-refractivity contribution >= 4 is 17.7 Å². The Balaban J connectivity index is 2.70. The lowest BCUT2D eigenvalue weighted by Crippen LogP contribution is -2.25. The summed E-state index contributed by atoms with van der Waals surface area (Å²) < 4.78 is 0. The van der Waals surface area contributed by atoms with Gasteiger partial charge in [-0.05, 0) is 43.7 Å². The fourth-order valence-electron chi connectivity index (χ4n) is 1.86. The van der Waals surface area contributed by atoms with Gasteiger partial charge in [-0.2, -0.15) is 11.8 Å². The summed E-state index contributed by atoms with van der Waals surface area (Å²) in [7, 11) is 0. The highest BCUT2D eigenvalue weighted by atomic mass is 32.2. The Morgan fingerprint density at radius 1 is 1.25 bits per heavy atom. The lowest BCUT2D eigenvalue weighted by Gasteiger charge is -2.12. The van der Waals surface area contributed by atoms with Gasteiger partial charge in [0.2, 0.25) is 5.91 Å². The van der Waals surface area contributed by atoms with Gasteiger partial charge in [0.15, 0.2) is 0 Å². The van der Waals surface area contributed by atoms with Crippen LogP contribution in [0.5, 0.6) is 0 Å². The van der Waals surface area contributed by atoms with Crippen LogP contribution in [0.3, 0.4) is 0 Å². The normalized spacial score (nSPS) is 10.2. The third-order valence-electron chi connectivity index (χ3n) is 2.58. The number of carbonyl (C=O) groups is 1. The van der Waals surface area contributed by atoms with E-state index in [4.69, 9.17) is 0 Å². The Bertz CT molecular complexity index is 365. The second-order valence-electron chi connectivity index (χ2n) is 4.09. The molecule has 1 rings (SSSR count). The minimum atomic E-state index is 0.104. The number of hydrogen-bond donors (Lipinski definition) is 1. The first-order chi connectivity index (χ1) is 7.54. The van der Waals surface area contributed by atoms with Crippen LogP contribution >= 0.6 is 11.8 Å². The van der Waals surface area contributed by atoms with E-state index >= 15 is 0 Å².